The van der Waals surface area contributed by atoms with Crippen molar-refractivity contribution in [2.24, 2.45) is 0 Å². The summed E-state index contributed by atoms with van der Waals surface area (Å²) in [7, 11) is 0. The molecule has 0 atom stereocenters. The second-order valence-electron chi connectivity index (χ2n) is 5.16. The average molecular weight is 323 g/mol. The molecule has 0 aliphatic heterocycles. The fraction of sp³-hybridized carbons (Fsp3) is 0.375. The highest BCUT2D eigenvalue weighted by atomic mass is 32.1. The minimum absolute atomic E-state index is 0.155. The van der Waals surface area contributed by atoms with Crippen LogP contribution < -0.4 is 5.32 Å². The Bertz CT molecular complexity index is 696. The highest BCUT2D eigenvalue weighted by molar-refractivity contribution is 7.21. The number of nitrogens with one attached hydrogen (secondary N) is 1. The number of aliphatic carboxylic acids is 1. The van der Waals surface area contributed by atoms with Crippen molar-refractivity contribution in [3.05, 3.63) is 34.5 Å². The minimum atomic E-state index is -0.794. The molecule has 2 rings (SSSR count). The van der Waals surface area contributed by atoms with Gasteiger partial charge in [0.25, 0.3) is 5.91 Å². The Kier molecular flexibility index (Phi) is 5.49. The Balaban J connectivity index is 1.90. The van der Waals surface area contributed by atoms with E-state index in [9.17, 15) is 14.0 Å². The maximum atomic E-state index is 13.3. The molecule has 0 saturated carbocycles. The van der Waals surface area contributed by atoms with E-state index in [-0.39, 0.29) is 18.1 Å². The maximum absolute atomic E-state index is 13.3. The van der Waals surface area contributed by atoms with Crippen LogP contribution in [0.1, 0.15) is 40.9 Å². The number of amides is 1. The summed E-state index contributed by atoms with van der Waals surface area (Å²) in [6.45, 7) is 2.33. The first kappa shape index (κ1) is 16.4. The molecule has 1 aromatic carbocycles. The van der Waals surface area contributed by atoms with E-state index in [1.807, 2.05) is 6.92 Å². The second kappa shape index (κ2) is 7.35. The van der Waals surface area contributed by atoms with E-state index in [1.165, 1.54) is 23.5 Å². The van der Waals surface area contributed by atoms with Gasteiger partial charge in [-0.15, -0.1) is 11.3 Å². The number of hydrogen-bond donors (Lipinski definition) is 2. The summed E-state index contributed by atoms with van der Waals surface area (Å²) in [5.74, 6) is -1.26. The Hall–Kier alpha value is -1.95. The van der Waals surface area contributed by atoms with Gasteiger partial charge in [-0.1, -0.05) is 6.42 Å². The summed E-state index contributed by atoms with van der Waals surface area (Å²) in [5, 5.41) is 12.1. The van der Waals surface area contributed by atoms with Crippen LogP contribution in [-0.4, -0.2) is 23.5 Å². The van der Waals surface area contributed by atoms with Gasteiger partial charge in [-0.3, -0.25) is 9.59 Å². The molecule has 0 spiro atoms. The first-order chi connectivity index (χ1) is 10.5. The zero-order chi connectivity index (χ0) is 16.1. The summed E-state index contributed by atoms with van der Waals surface area (Å²) in [6.07, 6.45) is 2.29. The van der Waals surface area contributed by atoms with Crippen molar-refractivity contribution < 1.29 is 19.1 Å². The monoisotopic (exact) mass is 323 g/mol. The Morgan fingerprint density at radius 1 is 1.27 bits per heavy atom. The van der Waals surface area contributed by atoms with Crippen molar-refractivity contribution in [2.45, 2.75) is 32.6 Å². The van der Waals surface area contributed by atoms with Gasteiger partial charge in [-0.2, -0.15) is 0 Å². The lowest BCUT2D eigenvalue weighted by Crippen LogP contribution is -2.24. The van der Waals surface area contributed by atoms with E-state index in [4.69, 9.17) is 5.11 Å². The largest absolute Gasteiger partial charge is 0.481 e. The summed E-state index contributed by atoms with van der Waals surface area (Å²) < 4.78 is 14.2. The number of benzene rings is 1. The van der Waals surface area contributed by atoms with E-state index < -0.39 is 5.97 Å². The standard InChI is InChI=1S/C16H18FNO3S/c1-10-12-9-11(17)6-7-13(12)22-15(10)16(21)18-8-4-2-3-5-14(19)20/h6-7,9H,2-5,8H2,1H3,(H,18,21)(H,19,20). The van der Waals surface area contributed by atoms with E-state index in [0.29, 0.717) is 17.8 Å². The van der Waals surface area contributed by atoms with Crippen LogP contribution in [0.5, 0.6) is 0 Å². The van der Waals surface area contributed by atoms with Crippen LogP contribution in [0.15, 0.2) is 18.2 Å². The Morgan fingerprint density at radius 2 is 2.05 bits per heavy atom. The number of carbonyl (C=O) groups is 2. The van der Waals surface area contributed by atoms with Crippen LogP contribution >= 0.6 is 11.3 Å². The summed E-state index contributed by atoms with van der Waals surface area (Å²) in [5.41, 5.74) is 0.794. The Morgan fingerprint density at radius 3 is 2.77 bits per heavy atom. The molecule has 0 aliphatic rings. The number of halogens is 1. The lowest BCUT2D eigenvalue weighted by atomic mass is 10.1. The number of rotatable bonds is 7. The maximum Gasteiger partial charge on any atom is 0.303 e. The van der Waals surface area contributed by atoms with Crippen molar-refractivity contribution in [1.29, 1.82) is 0 Å². The fourth-order valence-electron chi connectivity index (χ4n) is 2.27. The van der Waals surface area contributed by atoms with Gasteiger partial charge in [0.15, 0.2) is 0 Å². The lowest BCUT2D eigenvalue weighted by Gasteiger charge is -2.04. The fourth-order valence-corrected chi connectivity index (χ4v) is 3.38. The molecular formula is C16H18FNO3S. The van der Waals surface area contributed by atoms with Crippen molar-refractivity contribution in [3.63, 3.8) is 0 Å². The van der Waals surface area contributed by atoms with Crippen LogP contribution in [0.3, 0.4) is 0 Å². The predicted octanol–water partition coefficient (Wildman–Crippen LogP) is 3.72. The molecule has 22 heavy (non-hydrogen) atoms. The molecule has 1 amide bonds. The Labute approximate surface area is 132 Å². The van der Waals surface area contributed by atoms with E-state index >= 15 is 0 Å². The third-order valence-electron chi connectivity index (χ3n) is 3.46. The third kappa shape index (κ3) is 4.04. The SMILES string of the molecule is Cc1c(C(=O)NCCCCCC(=O)O)sc2ccc(F)cc12. The molecule has 0 fully saturated rings. The van der Waals surface area contributed by atoms with Crippen LogP contribution in [0.2, 0.25) is 0 Å². The first-order valence-corrected chi connectivity index (χ1v) is 7.99. The second-order valence-corrected chi connectivity index (χ2v) is 6.21. The van der Waals surface area contributed by atoms with Gasteiger partial charge in [-0.25, -0.2) is 4.39 Å². The zero-order valence-corrected chi connectivity index (χ0v) is 13.1. The van der Waals surface area contributed by atoms with Crippen LogP contribution in [0.4, 0.5) is 4.39 Å². The van der Waals surface area contributed by atoms with Gasteiger partial charge in [-0.05, 0) is 48.9 Å². The molecule has 2 aromatic rings. The number of aryl methyl sites for hydroxylation is 1. The molecule has 0 radical (unpaired) electrons. The van der Waals surface area contributed by atoms with Gasteiger partial charge in [0.05, 0.1) is 4.88 Å². The van der Waals surface area contributed by atoms with Gasteiger partial charge >= 0.3 is 5.97 Å². The average Bonchev–Trinajstić information content (AvgIpc) is 2.79. The number of thiophene rings is 1. The zero-order valence-electron chi connectivity index (χ0n) is 12.3. The van der Waals surface area contributed by atoms with E-state index in [0.717, 1.165) is 28.5 Å². The quantitative estimate of drug-likeness (QED) is 0.763. The highest BCUT2D eigenvalue weighted by Crippen LogP contribution is 2.31. The number of hydrogen-bond acceptors (Lipinski definition) is 3. The van der Waals surface area contributed by atoms with Crippen molar-refractivity contribution in [2.75, 3.05) is 6.54 Å². The lowest BCUT2D eigenvalue weighted by molar-refractivity contribution is -0.137. The molecule has 1 aromatic heterocycles. The van der Waals surface area contributed by atoms with Crippen molar-refractivity contribution in [3.8, 4) is 0 Å². The molecule has 6 heteroatoms. The molecular weight excluding hydrogens is 305 g/mol. The summed E-state index contributed by atoms with van der Waals surface area (Å²) in [6, 6.07) is 4.53. The summed E-state index contributed by atoms with van der Waals surface area (Å²) in [4.78, 5) is 23.2. The highest BCUT2D eigenvalue weighted by Gasteiger charge is 2.15. The predicted molar refractivity (Wildman–Crippen MR) is 85.0 cm³/mol. The molecule has 4 nitrogen and oxygen atoms in total. The van der Waals surface area contributed by atoms with E-state index in [2.05, 4.69) is 5.32 Å². The van der Waals surface area contributed by atoms with Gasteiger partial charge in [0.1, 0.15) is 5.82 Å². The molecule has 0 unspecified atom stereocenters. The molecule has 0 saturated heterocycles. The normalized spacial score (nSPS) is 10.8. The van der Waals surface area contributed by atoms with E-state index in [1.54, 1.807) is 6.07 Å². The molecule has 1 heterocycles. The van der Waals surface area contributed by atoms with Crippen molar-refractivity contribution >= 4 is 33.3 Å². The molecule has 118 valence electrons. The number of fused-ring (bicyclic) bond motifs is 1. The van der Waals surface area contributed by atoms with Crippen LogP contribution in [0.25, 0.3) is 10.1 Å². The molecule has 2 N–H and O–H groups in total. The first-order valence-electron chi connectivity index (χ1n) is 7.17. The molecule has 0 bridgehead atoms. The van der Waals surface area contributed by atoms with Gasteiger partial charge in [0, 0.05) is 17.7 Å². The molecule has 0 aliphatic carbocycles. The third-order valence-corrected chi connectivity index (χ3v) is 4.73. The van der Waals surface area contributed by atoms with Crippen LogP contribution in [0, 0.1) is 12.7 Å². The number of carboxylic acid groups (broad SMARTS) is 1. The number of unbranched alkanes of at least 4 members (excludes halogenated alkanes) is 2. The minimum Gasteiger partial charge on any atom is -0.481 e. The van der Waals surface area contributed by atoms with Crippen molar-refractivity contribution in [1.82, 2.24) is 5.32 Å². The van der Waals surface area contributed by atoms with Crippen LogP contribution in [-0.2, 0) is 4.79 Å². The topological polar surface area (TPSA) is 66.4 Å². The smallest absolute Gasteiger partial charge is 0.303 e. The van der Waals surface area contributed by atoms with Gasteiger partial charge in [0.2, 0.25) is 0 Å². The number of carbonyl (C=O) groups excluding carboxylic acids is 1. The van der Waals surface area contributed by atoms with Gasteiger partial charge < -0.3 is 10.4 Å². The summed E-state index contributed by atoms with van der Waals surface area (Å²) >= 11 is 1.36. The number of carboxylic acids is 1.